The van der Waals surface area contributed by atoms with E-state index in [1.165, 1.54) is 33.4 Å². The van der Waals surface area contributed by atoms with Crippen LogP contribution in [0.3, 0.4) is 0 Å². The van der Waals surface area contributed by atoms with Gasteiger partial charge in [-0.3, -0.25) is 4.99 Å². The van der Waals surface area contributed by atoms with Crippen LogP contribution in [0.15, 0.2) is 100 Å². The molecular formula is C28H17BrN2. The monoisotopic (exact) mass is 460 g/mol. The number of halogens is 1. The van der Waals surface area contributed by atoms with Crippen LogP contribution in [0.2, 0.25) is 0 Å². The molecule has 4 aromatic rings. The van der Waals surface area contributed by atoms with Crippen molar-refractivity contribution in [3.05, 3.63) is 129 Å². The summed E-state index contributed by atoms with van der Waals surface area (Å²) in [5, 5.41) is 9.35. The van der Waals surface area contributed by atoms with Crippen molar-refractivity contribution in [1.29, 1.82) is 5.26 Å². The molecule has 1 heterocycles. The van der Waals surface area contributed by atoms with Gasteiger partial charge in [0.1, 0.15) is 6.04 Å². The van der Waals surface area contributed by atoms with E-state index < -0.39 is 5.41 Å². The van der Waals surface area contributed by atoms with Gasteiger partial charge < -0.3 is 0 Å². The largest absolute Gasteiger partial charge is 0.281 e. The van der Waals surface area contributed by atoms with E-state index in [-0.39, 0.29) is 6.04 Å². The van der Waals surface area contributed by atoms with Crippen molar-refractivity contribution >= 4 is 22.1 Å². The molecule has 6 rings (SSSR count). The second-order valence-electron chi connectivity index (χ2n) is 8.01. The molecule has 31 heavy (non-hydrogen) atoms. The van der Waals surface area contributed by atoms with Crippen molar-refractivity contribution < 1.29 is 0 Å². The molecule has 0 radical (unpaired) electrons. The van der Waals surface area contributed by atoms with Gasteiger partial charge in [0.2, 0.25) is 0 Å². The Labute approximate surface area is 189 Å². The lowest BCUT2D eigenvalue weighted by molar-refractivity contribution is 0.767. The zero-order valence-corrected chi connectivity index (χ0v) is 18.2. The summed E-state index contributed by atoms with van der Waals surface area (Å²) in [6, 6.07) is 34.5. The van der Waals surface area contributed by atoms with Gasteiger partial charge in [-0.1, -0.05) is 88.7 Å². The van der Waals surface area contributed by atoms with Crippen LogP contribution in [0.25, 0.3) is 11.1 Å². The van der Waals surface area contributed by atoms with E-state index in [1.54, 1.807) is 0 Å². The molecule has 0 amide bonds. The van der Waals surface area contributed by atoms with Crippen LogP contribution in [-0.4, -0.2) is 6.21 Å². The predicted octanol–water partition coefficient (Wildman–Crippen LogP) is 6.81. The van der Waals surface area contributed by atoms with Crippen LogP contribution >= 0.6 is 15.9 Å². The maximum absolute atomic E-state index is 9.35. The number of aliphatic imine (C=N–C) groups is 1. The second kappa shape index (κ2) is 6.77. The lowest BCUT2D eigenvalue weighted by Gasteiger charge is -2.34. The number of hydrogen-bond donors (Lipinski definition) is 0. The predicted molar refractivity (Wildman–Crippen MR) is 127 cm³/mol. The number of hydrogen-bond acceptors (Lipinski definition) is 2. The Hall–Kier alpha value is -3.48. The van der Waals surface area contributed by atoms with Crippen molar-refractivity contribution in [2.75, 3.05) is 0 Å². The molecular weight excluding hydrogens is 444 g/mol. The third kappa shape index (κ3) is 2.59. The van der Waals surface area contributed by atoms with Gasteiger partial charge in [-0.2, -0.15) is 5.26 Å². The Balaban J connectivity index is 1.70. The van der Waals surface area contributed by atoms with Gasteiger partial charge in [0.05, 0.1) is 17.0 Å². The molecule has 1 aliphatic carbocycles. The molecule has 2 atom stereocenters. The van der Waals surface area contributed by atoms with E-state index in [0.717, 1.165) is 10.0 Å². The molecule has 146 valence electrons. The van der Waals surface area contributed by atoms with Crippen molar-refractivity contribution in [3.8, 4) is 17.2 Å². The fraction of sp³-hybridized carbons (Fsp3) is 0.0714. The molecule has 4 aromatic carbocycles. The molecule has 0 spiro atoms. The summed E-state index contributed by atoms with van der Waals surface area (Å²) in [4.78, 5) is 4.32. The van der Waals surface area contributed by atoms with Crippen LogP contribution in [-0.2, 0) is 5.41 Å². The minimum atomic E-state index is -0.452. The summed E-state index contributed by atoms with van der Waals surface area (Å²) in [5.74, 6) is 0. The zero-order valence-electron chi connectivity index (χ0n) is 16.6. The minimum Gasteiger partial charge on any atom is -0.281 e. The molecule has 0 bridgehead atoms. The fourth-order valence-corrected chi connectivity index (χ4v) is 5.59. The van der Waals surface area contributed by atoms with Gasteiger partial charge in [-0.15, -0.1) is 0 Å². The Morgan fingerprint density at radius 1 is 0.774 bits per heavy atom. The van der Waals surface area contributed by atoms with E-state index >= 15 is 0 Å². The summed E-state index contributed by atoms with van der Waals surface area (Å²) in [7, 11) is 0. The molecule has 0 saturated carbocycles. The molecule has 2 aliphatic rings. The number of nitriles is 1. The van der Waals surface area contributed by atoms with Crippen molar-refractivity contribution in [1.82, 2.24) is 0 Å². The highest BCUT2D eigenvalue weighted by molar-refractivity contribution is 9.10. The van der Waals surface area contributed by atoms with Gasteiger partial charge in [0, 0.05) is 16.3 Å². The van der Waals surface area contributed by atoms with Crippen LogP contribution in [0, 0.1) is 11.3 Å². The maximum atomic E-state index is 9.35. The topological polar surface area (TPSA) is 36.1 Å². The van der Waals surface area contributed by atoms with E-state index in [2.05, 4.69) is 106 Å². The SMILES string of the molecule is N#Cc1ccc(C2(c3ccc(C4C=N4)cc3)c3ccccc3-c3c(Br)cccc32)cc1. The number of nitrogens with zero attached hydrogens (tertiary/aromatic N) is 2. The molecule has 3 heteroatoms. The molecule has 1 aliphatic heterocycles. The second-order valence-corrected chi connectivity index (χ2v) is 8.87. The smallest absolute Gasteiger partial charge is 0.109 e. The van der Waals surface area contributed by atoms with E-state index in [9.17, 15) is 5.26 Å². The van der Waals surface area contributed by atoms with Crippen LogP contribution < -0.4 is 0 Å². The van der Waals surface area contributed by atoms with Crippen molar-refractivity contribution in [3.63, 3.8) is 0 Å². The lowest BCUT2D eigenvalue weighted by atomic mass is 9.67. The maximum Gasteiger partial charge on any atom is 0.109 e. The third-order valence-electron chi connectivity index (χ3n) is 6.45. The first-order valence-electron chi connectivity index (χ1n) is 10.3. The quantitative estimate of drug-likeness (QED) is 0.291. The summed E-state index contributed by atoms with van der Waals surface area (Å²) in [5.41, 5.74) is 8.80. The average molecular weight is 461 g/mol. The number of rotatable bonds is 3. The van der Waals surface area contributed by atoms with Gasteiger partial charge in [-0.25, -0.2) is 0 Å². The Kier molecular flexibility index (Phi) is 4.00. The molecule has 2 unspecified atom stereocenters. The molecule has 2 nitrogen and oxygen atoms in total. The Bertz CT molecular complexity index is 1390. The highest BCUT2D eigenvalue weighted by atomic mass is 79.9. The van der Waals surface area contributed by atoms with Crippen LogP contribution in [0.5, 0.6) is 0 Å². The number of benzene rings is 4. The fourth-order valence-electron chi connectivity index (χ4n) is 5.01. The first-order valence-corrected chi connectivity index (χ1v) is 11.1. The first kappa shape index (κ1) is 18.3. The Morgan fingerprint density at radius 3 is 2.10 bits per heavy atom. The van der Waals surface area contributed by atoms with Crippen molar-refractivity contribution in [2.45, 2.75) is 11.5 Å². The van der Waals surface area contributed by atoms with E-state index in [4.69, 9.17) is 0 Å². The molecule has 0 fully saturated rings. The molecule has 0 N–H and O–H groups in total. The highest BCUT2D eigenvalue weighted by Gasteiger charge is 2.46. The standard InChI is InChI=1S/C28H17BrN2/c29-25-7-3-6-24-27(25)22-4-1-2-5-23(22)28(24,20-12-8-18(16-30)9-13-20)21-14-10-19(11-15-21)26-17-31-26/h1-15,17,26H. The molecule has 0 saturated heterocycles. The van der Waals surface area contributed by atoms with Gasteiger partial charge >= 0.3 is 0 Å². The van der Waals surface area contributed by atoms with Gasteiger partial charge in [-0.05, 0) is 51.6 Å². The van der Waals surface area contributed by atoms with E-state index in [0.29, 0.717) is 5.56 Å². The minimum absolute atomic E-state index is 0.234. The van der Waals surface area contributed by atoms with E-state index in [1.807, 2.05) is 18.3 Å². The van der Waals surface area contributed by atoms with Crippen molar-refractivity contribution in [2.24, 2.45) is 4.99 Å². The zero-order chi connectivity index (χ0) is 21.0. The number of fused-ring (bicyclic) bond motifs is 3. The first-order chi connectivity index (χ1) is 15.2. The van der Waals surface area contributed by atoms with Crippen LogP contribution in [0.1, 0.15) is 39.4 Å². The van der Waals surface area contributed by atoms with Gasteiger partial charge in [0.15, 0.2) is 0 Å². The molecule has 0 aromatic heterocycles. The Morgan fingerprint density at radius 2 is 1.42 bits per heavy atom. The summed E-state index contributed by atoms with van der Waals surface area (Å²) >= 11 is 3.82. The summed E-state index contributed by atoms with van der Waals surface area (Å²) in [6.45, 7) is 0. The van der Waals surface area contributed by atoms with Gasteiger partial charge in [0.25, 0.3) is 0 Å². The summed E-state index contributed by atoms with van der Waals surface area (Å²) < 4.78 is 1.09. The normalized spacial score (nSPS) is 20.1. The van der Waals surface area contributed by atoms with Crippen LogP contribution in [0.4, 0.5) is 0 Å². The highest BCUT2D eigenvalue weighted by Crippen LogP contribution is 2.57. The average Bonchev–Trinajstić information content (AvgIpc) is 3.62. The summed E-state index contributed by atoms with van der Waals surface area (Å²) in [6.07, 6.45) is 1.97. The lowest BCUT2D eigenvalue weighted by Crippen LogP contribution is -2.28. The third-order valence-corrected chi connectivity index (χ3v) is 7.11.